The van der Waals surface area contributed by atoms with Gasteiger partial charge >= 0.3 is 5.69 Å². The number of carbonyl (C=O) groups excluding carboxylic acids is 1. The molecule has 2 rings (SSSR count). The lowest BCUT2D eigenvalue weighted by Gasteiger charge is -2.02. The quantitative estimate of drug-likeness (QED) is 0.374. The zero-order chi connectivity index (χ0) is 15.4. The van der Waals surface area contributed by atoms with E-state index in [0.717, 1.165) is 11.8 Å². The highest BCUT2D eigenvalue weighted by atomic mass is 32.2. The van der Waals surface area contributed by atoms with Gasteiger partial charge in [-0.25, -0.2) is 9.89 Å². The SMILES string of the molecule is CCn1c(SCC(=O)c2ccc([N+](=O)[O-])cc2)n[nH]c1=O. The van der Waals surface area contributed by atoms with Gasteiger partial charge in [-0.1, -0.05) is 11.8 Å². The van der Waals surface area contributed by atoms with Gasteiger partial charge in [-0.2, -0.15) is 0 Å². The summed E-state index contributed by atoms with van der Waals surface area (Å²) in [5.41, 5.74) is 0.00291. The Morgan fingerprint density at radius 3 is 2.67 bits per heavy atom. The molecular weight excluding hydrogens is 296 g/mol. The van der Waals surface area contributed by atoms with E-state index >= 15 is 0 Å². The summed E-state index contributed by atoms with van der Waals surface area (Å²) in [6, 6.07) is 5.40. The summed E-state index contributed by atoms with van der Waals surface area (Å²) in [7, 11) is 0. The lowest BCUT2D eigenvalue weighted by molar-refractivity contribution is -0.384. The number of hydrogen-bond donors (Lipinski definition) is 1. The Kier molecular flexibility index (Phi) is 4.53. The number of thioether (sulfide) groups is 1. The van der Waals surface area contributed by atoms with Crippen molar-refractivity contribution >= 4 is 23.2 Å². The molecule has 0 aliphatic heterocycles. The van der Waals surface area contributed by atoms with Crippen LogP contribution in [0.25, 0.3) is 0 Å². The lowest BCUT2D eigenvalue weighted by atomic mass is 10.1. The Hall–Kier alpha value is -2.42. The second-order valence-electron chi connectivity index (χ2n) is 4.07. The molecule has 0 fully saturated rings. The average molecular weight is 308 g/mol. The molecule has 0 aliphatic rings. The molecule has 0 spiro atoms. The molecule has 0 radical (unpaired) electrons. The number of carbonyl (C=O) groups is 1. The summed E-state index contributed by atoms with van der Waals surface area (Å²) >= 11 is 1.14. The van der Waals surface area contributed by atoms with Crippen molar-refractivity contribution in [3.05, 3.63) is 50.4 Å². The molecule has 0 atom stereocenters. The lowest BCUT2D eigenvalue weighted by Crippen LogP contribution is -2.16. The zero-order valence-electron chi connectivity index (χ0n) is 11.1. The number of nitrogens with one attached hydrogen (secondary N) is 1. The molecule has 1 N–H and O–H groups in total. The van der Waals surface area contributed by atoms with Crippen molar-refractivity contribution < 1.29 is 9.72 Å². The summed E-state index contributed by atoms with van der Waals surface area (Å²) in [4.78, 5) is 33.4. The van der Waals surface area contributed by atoms with Crippen LogP contribution in [0.15, 0.2) is 34.2 Å². The second-order valence-corrected chi connectivity index (χ2v) is 5.01. The van der Waals surface area contributed by atoms with E-state index in [2.05, 4.69) is 10.2 Å². The van der Waals surface area contributed by atoms with Gasteiger partial charge in [-0.15, -0.1) is 5.10 Å². The summed E-state index contributed by atoms with van der Waals surface area (Å²) in [5, 5.41) is 17.1. The molecule has 1 heterocycles. The molecular formula is C12H12N4O4S. The Bertz CT molecular complexity index is 720. The van der Waals surface area contributed by atoms with E-state index in [9.17, 15) is 19.7 Å². The van der Waals surface area contributed by atoms with Crippen LogP contribution in [-0.2, 0) is 6.54 Å². The Morgan fingerprint density at radius 1 is 1.43 bits per heavy atom. The van der Waals surface area contributed by atoms with Crippen molar-refractivity contribution in [1.82, 2.24) is 14.8 Å². The number of benzene rings is 1. The number of rotatable bonds is 6. The van der Waals surface area contributed by atoms with Crippen LogP contribution in [0.5, 0.6) is 0 Å². The van der Waals surface area contributed by atoms with Gasteiger partial charge in [0, 0.05) is 24.2 Å². The fourth-order valence-corrected chi connectivity index (χ4v) is 2.58. The van der Waals surface area contributed by atoms with Crippen LogP contribution in [0, 0.1) is 10.1 Å². The molecule has 0 unspecified atom stereocenters. The second kappa shape index (κ2) is 6.35. The molecule has 0 saturated carbocycles. The fourth-order valence-electron chi connectivity index (χ4n) is 1.67. The van der Waals surface area contributed by atoms with E-state index < -0.39 is 4.92 Å². The predicted octanol–water partition coefficient (Wildman–Crippen LogP) is 1.47. The smallest absolute Gasteiger partial charge is 0.293 e. The van der Waals surface area contributed by atoms with Gasteiger partial charge in [-0.3, -0.25) is 19.5 Å². The van der Waals surface area contributed by atoms with Crippen LogP contribution < -0.4 is 5.69 Å². The van der Waals surface area contributed by atoms with Crippen LogP contribution >= 0.6 is 11.8 Å². The average Bonchev–Trinajstić information content (AvgIpc) is 2.85. The van der Waals surface area contributed by atoms with E-state index in [4.69, 9.17) is 0 Å². The van der Waals surface area contributed by atoms with E-state index in [0.29, 0.717) is 17.3 Å². The number of Topliss-reactive ketones (excluding diaryl/α,β-unsaturated/α-hetero) is 1. The van der Waals surface area contributed by atoms with E-state index in [-0.39, 0.29) is 22.9 Å². The van der Waals surface area contributed by atoms with Gasteiger partial charge in [0.1, 0.15) is 0 Å². The number of H-pyrrole nitrogens is 1. The third-order valence-electron chi connectivity index (χ3n) is 2.77. The molecule has 1 aromatic heterocycles. The highest BCUT2D eigenvalue weighted by molar-refractivity contribution is 7.99. The topological polar surface area (TPSA) is 111 Å². The first-order valence-corrected chi connectivity index (χ1v) is 7.07. The first kappa shape index (κ1) is 15.0. The van der Waals surface area contributed by atoms with E-state index in [1.165, 1.54) is 28.8 Å². The van der Waals surface area contributed by atoms with Gasteiger partial charge in [0.15, 0.2) is 10.9 Å². The Morgan fingerprint density at radius 2 is 2.10 bits per heavy atom. The third kappa shape index (κ3) is 3.37. The van der Waals surface area contributed by atoms with Gasteiger partial charge in [-0.05, 0) is 19.1 Å². The summed E-state index contributed by atoms with van der Waals surface area (Å²) < 4.78 is 1.42. The summed E-state index contributed by atoms with van der Waals surface area (Å²) in [5.74, 6) is -0.0877. The van der Waals surface area contributed by atoms with E-state index in [1.807, 2.05) is 0 Å². The van der Waals surface area contributed by atoms with Crippen LogP contribution in [-0.4, -0.2) is 31.2 Å². The molecule has 0 saturated heterocycles. The minimum Gasteiger partial charge on any atom is -0.293 e. The van der Waals surface area contributed by atoms with Crippen molar-refractivity contribution in [1.29, 1.82) is 0 Å². The highest BCUT2D eigenvalue weighted by Gasteiger charge is 2.13. The van der Waals surface area contributed by atoms with Gasteiger partial charge in [0.25, 0.3) is 5.69 Å². The molecule has 0 bridgehead atoms. The Balaban J connectivity index is 2.04. The van der Waals surface area contributed by atoms with Crippen LogP contribution in [0.2, 0.25) is 0 Å². The number of ketones is 1. The molecule has 21 heavy (non-hydrogen) atoms. The molecule has 8 nitrogen and oxygen atoms in total. The minimum atomic E-state index is -0.521. The van der Waals surface area contributed by atoms with Crippen molar-refractivity contribution in [3.63, 3.8) is 0 Å². The molecule has 110 valence electrons. The van der Waals surface area contributed by atoms with E-state index in [1.54, 1.807) is 6.92 Å². The number of hydrogen-bond acceptors (Lipinski definition) is 6. The highest BCUT2D eigenvalue weighted by Crippen LogP contribution is 2.17. The van der Waals surface area contributed by atoms with Crippen molar-refractivity contribution in [2.75, 3.05) is 5.75 Å². The third-order valence-corrected chi connectivity index (χ3v) is 3.75. The van der Waals surface area contributed by atoms with Crippen LogP contribution in [0.3, 0.4) is 0 Å². The summed E-state index contributed by atoms with van der Waals surface area (Å²) in [6.45, 7) is 2.27. The first-order valence-electron chi connectivity index (χ1n) is 6.08. The fraction of sp³-hybridized carbons (Fsp3) is 0.250. The summed E-state index contributed by atoms with van der Waals surface area (Å²) in [6.07, 6.45) is 0. The number of nitrogens with zero attached hydrogens (tertiary/aromatic N) is 3. The van der Waals surface area contributed by atoms with Crippen LogP contribution in [0.4, 0.5) is 5.69 Å². The standard InChI is InChI=1S/C12H12N4O4S/c1-2-15-11(18)13-14-12(15)21-7-10(17)8-3-5-9(6-4-8)16(19)20/h3-6H,2,7H2,1H3,(H,13,18). The predicted molar refractivity (Wildman–Crippen MR) is 76.7 cm³/mol. The zero-order valence-corrected chi connectivity index (χ0v) is 11.9. The van der Waals surface area contributed by atoms with Crippen molar-refractivity contribution in [3.8, 4) is 0 Å². The molecule has 0 amide bonds. The molecule has 1 aromatic carbocycles. The Labute approximate surface area is 123 Å². The minimum absolute atomic E-state index is 0.0636. The number of nitro benzene ring substituents is 1. The molecule has 0 aliphatic carbocycles. The molecule has 9 heteroatoms. The van der Waals surface area contributed by atoms with Crippen LogP contribution in [0.1, 0.15) is 17.3 Å². The maximum absolute atomic E-state index is 12.0. The first-order chi connectivity index (χ1) is 10.0. The largest absolute Gasteiger partial charge is 0.343 e. The van der Waals surface area contributed by atoms with Crippen molar-refractivity contribution in [2.24, 2.45) is 0 Å². The van der Waals surface area contributed by atoms with Crippen molar-refractivity contribution in [2.45, 2.75) is 18.6 Å². The number of aromatic amines is 1. The normalized spacial score (nSPS) is 10.5. The van der Waals surface area contributed by atoms with Gasteiger partial charge < -0.3 is 0 Å². The van der Waals surface area contributed by atoms with Gasteiger partial charge in [0.05, 0.1) is 10.7 Å². The monoisotopic (exact) mass is 308 g/mol. The number of aromatic nitrogens is 3. The maximum atomic E-state index is 12.0. The molecule has 2 aromatic rings. The number of nitro groups is 1. The van der Waals surface area contributed by atoms with Gasteiger partial charge in [0.2, 0.25) is 0 Å². The maximum Gasteiger partial charge on any atom is 0.343 e. The number of non-ortho nitro benzene ring substituents is 1.